The van der Waals surface area contributed by atoms with Crippen LogP contribution >= 0.6 is 11.8 Å². The van der Waals surface area contributed by atoms with Crippen LogP contribution in [0, 0.1) is 0 Å². The number of para-hydroxylation sites is 1. The zero-order valence-electron chi connectivity index (χ0n) is 11.9. The zero-order chi connectivity index (χ0) is 15.3. The van der Waals surface area contributed by atoms with E-state index in [9.17, 15) is 8.42 Å². The average Bonchev–Trinajstić information content (AvgIpc) is 2.96. The van der Waals surface area contributed by atoms with Gasteiger partial charge in [-0.2, -0.15) is 0 Å². The molecule has 0 bridgehead atoms. The van der Waals surface area contributed by atoms with Crippen LogP contribution in [0.3, 0.4) is 0 Å². The summed E-state index contributed by atoms with van der Waals surface area (Å²) in [6, 6.07) is 11.1. The molecule has 7 heteroatoms. The quantitative estimate of drug-likeness (QED) is 0.766. The van der Waals surface area contributed by atoms with Crippen LogP contribution in [0.5, 0.6) is 0 Å². The number of furan rings is 1. The van der Waals surface area contributed by atoms with E-state index in [1.54, 1.807) is 17.8 Å². The van der Waals surface area contributed by atoms with Crippen LogP contribution in [0.4, 0.5) is 5.69 Å². The van der Waals surface area contributed by atoms with Gasteiger partial charge in [0.25, 0.3) is 10.0 Å². The maximum Gasteiger partial charge on any atom is 0.273 e. The third-order valence-corrected chi connectivity index (χ3v) is 5.05. The zero-order valence-corrected chi connectivity index (χ0v) is 13.6. The fraction of sp³-hybridized carbons (Fsp3) is 0.286. The van der Waals surface area contributed by atoms with Crippen molar-refractivity contribution in [2.45, 2.75) is 23.5 Å². The third kappa shape index (κ3) is 4.03. The molecule has 0 saturated carbocycles. The molecule has 0 aliphatic heterocycles. The van der Waals surface area contributed by atoms with Gasteiger partial charge in [0.2, 0.25) is 5.09 Å². The summed E-state index contributed by atoms with van der Waals surface area (Å²) in [6.45, 7) is 2.53. The highest BCUT2D eigenvalue weighted by Gasteiger charge is 2.16. The summed E-state index contributed by atoms with van der Waals surface area (Å²) in [6.07, 6.45) is 0. The minimum Gasteiger partial charge on any atom is -0.446 e. The van der Waals surface area contributed by atoms with Gasteiger partial charge in [-0.15, -0.1) is 11.8 Å². The van der Waals surface area contributed by atoms with Gasteiger partial charge < -0.3 is 9.73 Å². The van der Waals surface area contributed by atoms with Crippen LogP contribution in [0.15, 0.2) is 50.8 Å². The molecule has 0 fully saturated rings. The molecule has 114 valence electrons. The molecule has 1 aromatic heterocycles. The van der Waals surface area contributed by atoms with Gasteiger partial charge in [-0.05, 0) is 37.1 Å². The molecule has 2 aromatic rings. The van der Waals surface area contributed by atoms with E-state index in [2.05, 4.69) is 23.0 Å². The Morgan fingerprint density at radius 2 is 1.95 bits per heavy atom. The number of hydrogen-bond acceptors (Lipinski definition) is 5. The molecule has 0 unspecified atom stereocenters. The first-order valence-corrected chi connectivity index (χ1v) is 9.01. The van der Waals surface area contributed by atoms with E-state index in [0.29, 0.717) is 12.3 Å². The van der Waals surface area contributed by atoms with E-state index in [4.69, 9.17) is 4.42 Å². The number of rotatable bonds is 7. The number of anilines is 1. The standard InChI is InChI=1S/C14H18N2O3S2/c1-3-20-13-7-5-4-6-12(13)16-10-11-8-9-14(19-11)21(17,18)15-2/h4-9,15-16H,3,10H2,1-2H3. The Labute approximate surface area is 129 Å². The lowest BCUT2D eigenvalue weighted by Gasteiger charge is -2.09. The number of sulfonamides is 1. The summed E-state index contributed by atoms with van der Waals surface area (Å²) in [5.41, 5.74) is 1.01. The van der Waals surface area contributed by atoms with E-state index in [1.807, 2.05) is 18.2 Å². The smallest absolute Gasteiger partial charge is 0.273 e. The first kappa shape index (κ1) is 15.9. The van der Waals surface area contributed by atoms with E-state index >= 15 is 0 Å². The maximum atomic E-state index is 11.6. The van der Waals surface area contributed by atoms with Crippen molar-refractivity contribution in [2.75, 3.05) is 18.1 Å². The molecule has 1 heterocycles. The normalized spacial score (nSPS) is 11.5. The highest BCUT2D eigenvalue weighted by Crippen LogP contribution is 2.27. The monoisotopic (exact) mass is 326 g/mol. The summed E-state index contributed by atoms with van der Waals surface area (Å²) < 4.78 is 30.8. The number of benzene rings is 1. The van der Waals surface area contributed by atoms with Crippen LogP contribution in [-0.4, -0.2) is 21.2 Å². The van der Waals surface area contributed by atoms with Crippen molar-refractivity contribution in [1.82, 2.24) is 4.72 Å². The summed E-state index contributed by atoms with van der Waals surface area (Å²) >= 11 is 1.75. The second-order valence-electron chi connectivity index (χ2n) is 4.21. The largest absolute Gasteiger partial charge is 0.446 e. The minimum atomic E-state index is -3.53. The van der Waals surface area contributed by atoms with Crippen LogP contribution in [-0.2, 0) is 16.6 Å². The van der Waals surface area contributed by atoms with Crippen molar-refractivity contribution in [3.63, 3.8) is 0 Å². The van der Waals surface area contributed by atoms with Crippen molar-refractivity contribution >= 4 is 27.5 Å². The lowest BCUT2D eigenvalue weighted by atomic mass is 10.3. The first-order valence-electron chi connectivity index (χ1n) is 6.54. The predicted octanol–water partition coefficient (Wildman–Crippen LogP) is 2.91. The first-order chi connectivity index (χ1) is 10.1. The molecule has 0 aliphatic carbocycles. The third-order valence-electron chi connectivity index (χ3n) is 2.81. The van der Waals surface area contributed by atoms with Gasteiger partial charge in [0, 0.05) is 10.6 Å². The Bertz CT molecular complexity index is 696. The minimum absolute atomic E-state index is 0.0713. The predicted molar refractivity (Wildman–Crippen MR) is 85.1 cm³/mol. The van der Waals surface area contributed by atoms with E-state index in [-0.39, 0.29) is 5.09 Å². The highest BCUT2D eigenvalue weighted by atomic mass is 32.2. The maximum absolute atomic E-state index is 11.6. The number of nitrogens with one attached hydrogen (secondary N) is 2. The van der Waals surface area contributed by atoms with E-state index in [0.717, 1.165) is 16.3 Å². The molecule has 5 nitrogen and oxygen atoms in total. The van der Waals surface area contributed by atoms with Crippen molar-refractivity contribution in [1.29, 1.82) is 0 Å². The molecule has 0 spiro atoms. The molecular formula is C14H18N2O3S2. The number of thioether (sulfide) groups is 1. The van der Waals surface area contributed by atoms with E-state index in [1.165, 1.54) is 13.1 Å². The summed E-state index contributed by atoms with van der Waals surface area (Å²) in [5, 5.41) is 3.20. The molecule has 21 heavy (non-hydrogen) atoms. The summed E-state index contributed by atoms with van der Waals surface area (Å²) in [4.78, 5) is 1.16. The Hall–Kier alpha value is -1.44. The number of hydrogen-bond donors (Lipinski definition) is 2. The lowest BCUT2D eigenvalue weighted by Crippen LogP contribution is -2.17. The Morgan fingerprint density at radius 1 is 1.19 bits per heavy atom. The molecule has 0 radical (unpaired) electrons. The summed E-state index contributed by atoms with van der Waals surface area (Å²) in [7, 11) is -2.17. The molecule has 0 atom stereocenters. The van der Waals surface area contributed by atoms with Gasteiger partial charge in [-0.25, -0.2) is 13.1 Å². The van der Waals surface area contributed by atoms with Gasteiger partial charge in [-0.1, -0.05) is 19.1 Å². The molecule has 0 saturated heterocycles. The van der Waals surface area contributed by atoms with Crippen molar-refractivity contribution < 1.29 is 12.8 Å². The lowest BCUT2D eigenvalue weighted by molar-refractivity contribution is 0.417. The topological polar surface area (TPSA) is 71.3 Å². The SMILES string of the molecule is CCSc1ccccc1NCc1ccc(S(=O)(=O)NC)o1. The summed E-state index contributed by atoms with van der Waals surface area (Å²) in [5.74, 6) is 1.56. The molecular weight excluding hydrogens is 308 g/mol. The van der Waals surface area contributed by atoms with Crippen molar-refractivity contribution in [3.8, 4) is 0 Å². The highest BCUT2D eigenvalue weighted by molar-refractivity contribution is 7.99. The molecule has 2 rings (SSSR count). The molecule has 1 aromatic carbocycles. The Kier molecular flexibility index (Phi) is 5.33. The second-order valence-corrected chi connectivity index (χ2v) is 7.33. The molecule has 0 amide bonds. The fourth-order valence-corrected chi connectivity index (χ4v) is 3.22. The van der Waals surface area contributed by atoms with Gasteiger partial charge in [0.1, 0.15) is 5.76 Å². The van der Waals surface area contributed by atoms with Crippen molar-refractivity contribution in [3.05, 3.63) is 42.2 Å². The van der Waals surface area contributed by atoms with Gasteiger partial charge >= 0.3 is 0 Å². The Morgan fingerprint density at radius 3 is 2.67 bits per heavy atom. The van der Waals surface area contributed by atoms with Crippen LogP contribution in [0.1, 0.15) is 12.7 Å². The Balaban J connectivity index is 2.07. The van der Waals surface area contributed by atoms with Crippen LogP contribution in [0.25, 0.3) is 0 Å². The van der Waals surface area contributed by atoms with Gasteiger partial charge in [0.15, 0.2) is 0 Å². The molecule has 0 aliphatic rings. The average molecular weight is 326 g/mol. The van der Waals surface area contributed by atoms with Crippen molar-refractivity contribution in [2.24, 2.45) is 0 Å². The second kappa shape index (κ2) is 7.02. The van der Waals surface area contributed by atoms with Gasteiger partial charge in [0.05, 0.1) is 6.54 Å². The van der Waals surface area contributed by atoms with E-state index < -0.39 is 10.0 Å². The molecule has 2 N–H and O–H groups in total. The van der Waals surface area contributed by atoms with Crippen LogP contribution in [0.2, 0.25) is 0 Å². The van der Waals surface area contributed by atoms with Crippen LogP contribution < -0.4 is 10.0 Å². The van der Waals surface area contributed by atoms with Gasteiger partial charge in [-0.3, -0.25) is 0 Å². The fourth-order valence-electron chi connectivity index (χ4n) is 1.77.